The van der Waals surface area contributed by atoms with Crippen LogP contribution < -0.4 is 11.1 Å². The molecule has 0 saturated carbocycles. The van der Waals surface area contributed by atoms with Crippen LogP contribution in [0, 0.1) is 5.92 Å². The number of nitrogens with zero attached hydrogens (tertiary/aromatic N) is 3. The van der Waals surface area contributed by atoms with Gasteiger partial charge in [0.2, 0.25) is 0 Å². The number of aryl methyl sites for hydroxylation is 2. The van der Waals surface area contributed by atoms with Gasteiger partial charge in [0.25, 0.3) is 0 Å². The van der Waals surface area contributed by atoms with Gasteiger partial charge in [0.15, 0.2) is 0 Å². The van der Waals surface area contributed by atoms with E-state index in [9.17, 15) is 0 Å². The molecule has 0 aromatic carbocycles. The van der Waals surface area contributed by atoms with Gasteiger partial charge in [-0.2, -0.15) is 5.10 Å². The van der Waals surface area contributed by atoms with E-state index in [1.807, 2.05) is 11.7 Å². The van der Waals surface area contributed by atoms with Crippen molar-refractivity contribution in [2.75, 3.05) is 37.2 Å². The van der Waals surface area contributed by atoms with Crippen molar-refractivity contribution < 1.29 is 0 Å². The highest BCUT2D eigenvalue weighted by Gasteiger charge is 2.16. The molecule has 1 aromatic rings. The minimum atomic E-state index is 0.622. The van der Waals surface area contributed by atoms with E-state index in [1.165, 1.54) is 32.5 Å². The lowest BCUT2D eigenvalue weighted by molar-refractivity contribution is 0.294. The quantitative estimate of drug-likeness (QED) is 0.802. The SMILES string of the molecule is CCCc1nn(C)c(NCC(C)CN2CCCC2)c1N. The van der Waals surface area contributed by atoms with Gasteiger partial charge in [-0.25, -0.2) is 0 Å². The molecule has 2 rings (SSSR count). The van der Waals surface area contributed by atoms with Crippen LogP contribution in [0.5, 0.6) is 0 Å². The zero-order chi connectivity index (χ0) is 14.5. The predicted molar refractivity (Wildman–Crippen MR) is 84.9 cm³/mol. The molecule has 0 radical (unpaired) electrons. The van der Waals surface area contributed by atoms with Crippen LogP contribution in [0.25, 0.3) is 0 Å². The fourth-order valence-electron chi connectivity index (χ4n) is 2.97. The lowest BCUT2D eigenvalue weighted by Crippen LogP contribution is -2.29. The third-order valence-corrected chi connectivity index (χ3v) is 4.03. The molecular formula is C15H29N5. The van der Waals surface area contributed by atoms with E-state index in [4.69, 9.17) is 5.73 Å². The van der Waals surface area contributed by atoms with E-state index in [0.29, 0.717) is 5.92 Å². The first-order valence-electron chi connectivity index (χ1n) is 7.89. The number of likely N-dealkylation sites (tertiary alicyclic amines) is 1. The molecule has 114 valence electrons. The zero-order valence-corrected chi connectivity index (χ0v) is 13.2. The molecule has 1 atom stereocenters. The third-order valence-electron chi connectivity index (χ3n) is 4.03. The van der Waals surface area contributed by atoms with Crippen molar-refractivity contribution in [2.45, 2.75) is 39.5 Å². The maximum atomic E-state index is 6.18. The number of nitrogens with one attached hydrogen (secondary N) is 1. The van der Waals surface area contributed by atoms with Crippen LogP contribution >= 0.6 is 0 Å². The van der Waals surface area contributed by atoms with Crippen molar-refractivity contribution >= 4 is 11.5 Å². The highest BCUT2D eigenvalue weighted by molar-refractivity contribution is 5.65. The second kappa shape index (κ2) is 6.97. The van der Waals surface area contributed by atoms with Crippen LogP contribution in [0.1, 0.15) is 38.8 Å². The Morgan fingerprint density at radius 1 is 1.35 bits per heavy atom. The van der Waals surface area contributed by atoms with Crippen LogP contribution in [-0.4, -0.2) is 40.9 Å². The second-order valence-corrected chi connectivity index (χ2v) is 6.08. The van der Waals surface area contributed by atoms with Gasteiger partial charge in [-0.3, -0.25) is 4.68 Å². The van der Waals surface area contributed by atoms with Crippen molar-refractivity contribution in [3.8, 4) is 0 Å². The van der Waals surface area contributed by atoms with E-state index in [2.05, 4.69) is 29.2 Å². The zero-order valence-electron chi connectivity index (χ0n) is 13.2. The van der Waals surface area contributed by atoms with Crippen molar-refractivity contribution in [1.29, 1.82) is 0 Å². The predicted octanol–water partition coefficient (Wildman–Crippen LogP) is 2.10. The van der Waals surface area contributed by atoms with Gasteiger partial charge in [0, 0.05) is 20.1 Å². The summed E-state index contributed by atoms with van der Waals surface area (Å²) in [5, 5.41) is 7.98. The summed E-state index contributed by atoms with van der Waals surface area (Å²) < 4.78 is 1.88. The Morgan fingerprint density at radius 3 is 2.70 bits per heavy atom. The van der Waals surface area contributed by atoms with Gasteiger partial charge in [-0.1, -0.05) is 20.3 Å². The number of nitrogens with two attached hydrogens (primary N) is 1. The van der Waals surface area contributed by atoms with E-state index in [-0.39, 0.29) is 0 Å². The number of hydrogen-bond donors (Lipinski definition) is 2. The Balaban J connectivity index is 1.86. The largest absolute Gasteiger partial charge is 0.394 e. The fourth-order valence-corrected chi connectivity index (χ4v) is 2.97. The third kappa shape index (κ3) is 3.66. The summed E-state index contributed by atoms with van der Waals surface area (Å²) in [5.74, 6) is 1.60. The lowest BCUT2D eigenvalue weighted by atomic mass is 10.1. The van der Waals surface area contributed by atoms with Crippen molar-refractivity contribution in [2.24, 2.45) is 13.0 Å². The van der Waals surface area contributed by atoms with Crippen molar-refractivity contribution in [3.63, 3.8) is 0 Å². The van der Waals surface area contributed by atoms with E-state index < -0.39 is 0 Å². The molecule has 0 bridgehead atoms. The number of rotatable bonds is 7. The molecule has 1 saturated heterocycles. The minimum Gasteiger partial charge on any atom is -0.394 e. The van der Waals surface area contributed by atoms with Crippen LogP contribution in [0.3, 0.4) is 0 Å². The van der Waals surface area contributed by atoms with Crippen LogP contribution in [0.15, 0.2) is 0 Å². The number of hydrogen-bond acceptors (Lipinski definition) is 4. The molecule has 2 heterocycles. The maximum Gasteiger partial charge on any atom is 0.147 e. The molecule has 1 aliphatic heterocycles. The summed E-state index contributed by atoms with van der Waals surface area (Å²) in [6.45, 7) is 9.10. The molecule has 0 amide bonds. The Hall–Kier alpha value is -1.23. The molecule has 0 spiro atoms. The highest BCUT2D eigenvalue weighted by atomic mass is 15.3. The summed E-state index contributed by atoms with van der Waals surface area (Å²) >= 11 is 0. The first kappa shape index (κ1) is 15.2. The van der Waals surface area contributed by atoms with Gasteiger partial charge < -0.3 is 16.0 Å². The van der Waals surface area contributed by atoms with Gasteiger partial charge in [0.1, 0.15) is 5.82 Å². The van der Waals surface area contributed by atoms with Crippen LogP contribution in [0.2, 0.25) is 0 Å². The Bertz CT molecular complexity index is 420. The van der Waals surface area contributed by atoms with Gasteiger partial charge in [0.05, 0.1) is 11.4 Å². The molecule has 5 nitrogen and oxygen atoms in total. The van der Waals surface area contributed by atoms with Gasteiger partial charge >= 0.3 is 0 Å². The summed E-state index contributed by atoms with van der Waals surface area (Å²) in [6.07, 6.45) is 4.74. The number of anilines is 2. The van der Waals surface area contributed by atoms with Crippen LogP contribution in [0.4, 0.5) is 11.5 Å². The lowest BCUT2D eigenvalue weighted by Gasteiger charge is -2.21. The summed E-state index contributed by atoms with van der Waals surface area (Å²) in [7, 11) is 1.96. The van der Waals surface area contributed by atoms with Crippen molar-refractivity contribution in [3.05, 3.63) is 5.69 Å². The van der Waals surface area contributed by atoms with Gasteiger partial charge in [-0.15, -0.1) is 0 Å². The summed E-state index contributed by atoms with van der Waals surface area (Å²) in [4.78, 5) is 2.56. The highest BCUT2D eigenvalue weighted by Crippen LogP contribution is 2.23. The Morgan fingerprint density at radius 2 is 2.05 bits per heavy atom. The number of aromatic nitrogens is 2. The van der Waals surface area contributed by atoms with E-state index >= 15 is 0 Å². The Labute approximate surface area is 122 Å². The second-order valence-electron chi connectivity index (χ2n) is 6.08. The molecule has 5 heteroatoms. The monoisotopic (exact) mass is 279 g/mol. The molecule has 1 unspecified atom stereocenters. The average molecular weight is 279 g/mol. The fraction of sp³-hybridized carbons (Fsp3) is 0.800. The first-order valence-corrected chi connectivity index (χ1v) is 7.89. The van der Waals surface area contributed by atoms with Gasteiger partial charge in [-0.05, 0) is 38.3 Å². The Kier molecular flexibility index (Phi) is 5.29. The first-order chi connectivity index (χ1) is 9.61. The summed E-state index contributed by atoms with van der Waals surface area (Å²) in [5.41, 5.74) is 8.02. The molecule has 0 aliphatic carbocycles. The maximum absolute atomic E-state index is 6.18. The van der Waals surface area contributed by atoms with E-state index in [0.717, 1.165) is 36.6 Å². The average Bonchev–Trinajstić information content (AvgIpc) is 2.99. The molecule has 1 fully saturated rings. The van der Waals surface area contributed by atoms with Crippen LogP contribution in [-0.2, 0) is 13.5 Å². The minimum absolute atomic E-state index is 0.622. The summed E-state index contributed by atoms with van der Waals surface area (Å²) in [6, 6.07) is 0. The molecule has 20 heavy (non-hydrogen) atoms. The number of nitrogen functional groups attached to an aromatic ring is 1. The molecule has 3 N–H and O–H groups in total. The topological polar surface area (TPSA) is 59.1 Å². The molecule has 1 aliphatic rings. The smallest absolute Gasteiger partial charge is 0.147 e. The molecule has 1 aromatic heterocycles. The molecular weight excluding hydrogens is 250 g/mol. The normalized spacial score (nSPS) is 17.6. The van der Waals surface area contributed by atoms with E-state index in [1.54, 1.807) is 0 Å². The standard InChI is InChI=1S/C15H29N5/c1-4-7-13-14(16)15(19(3)18-13)17-10-12(2)11-20-8-5-6-9-20/h12,17H,4-11,16H2,1-3H3. The van der Waals surface area contributed by atoms with Crippen molar-refractivity contribution in [1.82, 2.24) is 14.7 Å².